The van der Waals surface area contributed by atoms with Crippen LogP contribution in [0.5, 0.6) is 5.75 Å². The predicted octanol–water partition coefficient (Wildman–Crippen LogP) is 2.13. The molecule has 0 radical (unpaired) electrons. The van der Waals surface area contributed by atoms with Gasteiger partial charge in [-0.1, -0.05) is 22.9 Å². The SMILES string of the molecule is CCOC(=O)c1nnn(Cc2cc(C)ccc2OC)c1C. The second-order valence-corrected chi connectivity index (χ2v) is 4.72. The highest BCUT2D eigenvalue weighted by Gasteiger charge is 2.18. The van der Waals surface area contributed by atoms with E-state index in [0.29, 0.717) is 18.8 Å². The molecule has 0 N–H and O–H groups in total. The summed E-state index contributed by atoms with van der Waals surface area (Å²) in [7, 11) is 1.63. The van der Waals surface area contributed by atoms with Crippen LogP contribution < -0.4 is 4.74 Å². The number of methoxy groups -OCH3 is 1. The van der Waals surface area contributed by atoms with Crippen LogP contribution in [0, 0.1) is 13.8 Å². The zero-order chi connectivity index (χ0) is 15.4. The Kier molecular flexibility index (Phi) is 4.57. The lowest BCUT2D eigenvalue weighted by atomic mass is 10.1. The summed E-state index contributed by atoms with van der Waals surface area (Å²) in [5.74, 6) is 0.339. The molecule has 0 unspecified atom stereocenters. The van der Waals surface area contributed by atoms with Gasteiger partial charge in [-0.25, -0.2) is 9.48 Å². The second kappa shape index (κ2) is 6.39. The fourth-order valence-corrected chi connectivity index (χ4v) is 2.09. The van der Waals surface area contributed by atoms with Gasteiger partial charge in [0.25, 0.3) is 0 Å². The highest BCUT2D eigenvalue weighted by Crippen LogP contribution is 2.21. The van der Waals surface area contributed by atoms with E-state index < -0.39 is 5.97 Å². The van der Waals surface area contributed by atoms with Gasteiger partial charge in [0.15, 0.2) is 5.69 Å². The maximum Gasteiger partial charge on any atom is 0.360 e. The molecule has 2 aromatic rings. The highest BCUT2D eigenvalue weighted by atomic mass is 16.5. The van der Waals surface area contributed by atoms with Crippen molar-refractivity contribution in [3.63, 3.8) is 0 Å². The molecule has 6 nitrogen and oxygen atoms in total. The molecule has 1 heterocycles. The van der Waals surface area contributed by atoms with Crippen molar-refractivity contribution in [1.82, 2.24) is 15.0 Å². The average molecular weight is 289 g/mol. The number of hydrogen-bond donors (Lipinski definition) is 0. The quantitative estimate of drug-likeness (QED) is 0.789. The van der Waals surface area contributed by atoms with Crippen molar-refractivity contribution >= 4 is 5.97 Å². The van der Waals surface area contributed by atoms with Gasteiger partial charge in [-0.3, -0.25) is 0 Å². The summed E-state index contributed by atoms with van der Waals surface area (Å²) in [6, 6.07) is 5.94. The summed E-state index contributed by atoms with van der Waals surface area (Å²) in [6.45, 7) is 6.38. The first-order valence-corrected chi connectivity index (χ1v) is 6.77. The zero-order valence-electron chi connectivity index (χ0n) is 12.7. The number of esters is 1. The van der Waals surface area contributed by atoms with Gasteiger partial charge in [0.2, 0.25) is 0 Å². The number of benzene rings is 1. The zero-order valence-corrected chi connectivity index (χ0v) is 12.7. The Morgan fingerprint density at radius 3 is 2.76 bits per heavy atom. The van der Waals surface area contributed by atoms with E-state index in [2.05, 4.69) is 10.3 Å². The van der Waals surface area contributed by atoms with Crippen LogP contribution in [0.25, 0.3) is 0 Å². The van der Waals surface area contributed by atoms with E-state index in [0.717, 1.165) is 16.9 Å². The van der Waals surface area contributed by atoms with Crippen molar-refractivity contribution in [3.05, 3.63) is 40.7 Å². The molecule has 1 aromatic heterocycles. The van der Waals surface area contributed by atoms with Crippen LogP contribution in [0.1, 0.15) is 34.2 Å². The summed E-state index contributed by atoms with van der Waals surface area (Å²) in [5, 5.41) is 7.94. The summed E-state index contributed by atoms with van der Waals surface area (Å²) < 4.78 is 12.0. The number of aryl methyl sites for hydroxylation is 1. The van der Waals surface area contributed by atoms with Gasteiger partial charge in [-0.05, 0) is 26.8 Å². The Bertz CT molecular complexity index is 650. The van der Waals surface area contributed by atoms with Crippen LogP contribution in [0.2, 0.25) is 0 Å². The molecule has 2 rings (SSSR count). The minimum Gasteiger partial charge on any atom is -0.496 e. The van der Waals surface area contributed by atoms with Gasteiger partial charge >= 0.3 is 5.97 Å². The van der Waals surface area contributed by atoms with Crippen LogP contribution >= 0.6 is 0 Å². The normalized spacial score (nSPS) is 10.5. The monoisotopic (exact) mass is 289 g/mol. The Labute approximate surface area is 123 Å². The molecule has 112 valence electrons. The van der Waals surface area contributed by atoms with E-state index in [9.17, 15) is 4.79 Å². The average Bonchev–Trinajstić information content (AvgIpc) is 2.81. The number of hydrogen-bond acceptors (Lipinski definition) is 5. The molecule has 0 amide bonds. The first-order chi connectivity index (χ1) is 10.1. The van der Waals surface area contributed by atoms with Crippen LogP contribution in [-0.2, 0) is 11.3 Å². The molecule has 0 aliphatic carbocycles. The smallest absolute Gasteiger partial charge is 0.360 e. The van der Waals surface area contributed by atoms with E-state index in [4.69, 9.17) is 9.47 Å². The van der Waals surface area contributed by atoms with Gasteiger partial charge < -0.3 is 9.47 Å². The molecule has 0 atom stereocenters. The molecule has 0 aliphatic rings. The minimum atomic E-state index is -0.447. The number of aromatic nitrogens is 3. The maximum absolute atomic E-state index is 11.7. The van der Waals surface area contributed by atoms with Gasteiger partial charge in [0.1, 0.15) is 5.75 Å². The number of ether oxygens (including phenoxy) is 2. The summed E-state index contributed by atoms with van der Waals surface area (Å²) >= 11 is 0. The third-order valence-corrected chi connectivity index (χ3v) is 3.21. The number of carbonyl (C=O) groups is 1. The molecular weight excluding hydrogens is 270 g/mol. The molecule has 0 bridgehead atoms. The number of rotatable bonds is 5. The largest absolute Gasteiger partial charge is 0.496 e. The fraction of sp³-hybridized carbons (Fsp3) is 0.400. The Morgan fingerprint density at radius 2 is 2.10 bits per heavy atom. The summed E-state index contributed by atoms with van der Waals surface area (Å²) in [6.07, 6.45) is 0. The van der Waals surface area contributed by atoms with Crippen LogP contribution in [-0.4, -0.2) is 34.7 Å². The van der Waals surface area contributed by atoms with Crippen molar-refractivity contribution in [2.45, 2.75) is 27.3 Å². The van der Waals surface area contributed by atoms with E-state index in [-0.39, 0.29) is 5.69 Å². The Balaban J connectivity index is 2.29. The third-order valence-electron chi connectivity index (χ3n) is 3.21. The van der Waals surface area contributed by atoms with E-state index in [1.165, 1.54) is 0 Å². The van der Waals surface area contributed by atoms with Gasteiger partial charge in [0.05, 0.1) is 26.0 Å². The van der Waals surface area contributed by atoms with E-state index in [1.807, 2.05) is 25.1 Å². The lowest BCUT2D eigenvalue weighted by molar-refractivity contribution is 0.0518. The van der Waals surface area contributed by atoms with E-state index >= 15 is 0 Å². The van der Waals surface area contributed by atoms with Crippen molar-refractivity contribution in [1.29, 1.82) is 0 Å². The third kappa shape index (κ3) is 3.21. The van der Waals surface area contributed by atoms with Crippen molar-refractivity contribution in [3.8, 4) is 5.75 Å². The Morgan fingerprint density at radius 1 is 1.33 bits per heavy atom. The minimum absolute atomic E-state index is 0.253. The van der Waals surface area contributed by atoms with Crippen molar-refractivity contribution in [2.24, 2.45) is 0 Å². The predicted molar refractivity (Wildman–Crippen MR) is 77.5 cm³/mol. The molecule has 0 saturated carbocycles. The van der Waals surface area contributed by atoms with Crippen LogP contribution in [0.15, 0.2) is 18.2 Å². The molecule has 0 aliphatic heterocycles. The molecule has 21 heavy (non-hydrogen) atoms. The molecule has 1 aromatic carbocycles. The van der Waals surface area contributed by atoms with Crippen molar-refractivity contribution in [2.75, 3.05) is 13.7 Å². The molecule has 0 fully saturated rings. The van der Waals surface area contributed by atoms with Gasteiger partial charge in [-0.2, -0.15) is 0 Å². The fourth-order valence-electron chi connectivity index (χ4n) is 2.09. The molecule has 6 heteroatoms. The Hall–Kier alpha value is -2.37. The standard InChI is InChI=1S/C15H19N3O3/c1-5-21-15(19)14-11(3)18(17-16-14)9-12-8-10(2)6-7-13(12)20-4/h6-8H,5,9H2,1-4H3. The number of carbonyl (C=O) groups excluding carboxylic acids is 1. The molecule has 0 spiro atoms. The highest BCUT2D eigenvalue weighted by molar-refractivity contribution is 5.88. The second-order valence-electron chi connectivity index (χ2n) is 4.72. The molecular formula is C15H19N3O3. The van der Waals surface area contributed by atoms with Crippen molar-refractivity contribution < 1.29 is 14.3 Å². The maximum atomic E-state index is 11.7. The topological polar surface area (TPSA) is 66.2 Å². The van der Waals surface area contributed by atoms with Gasteiger partial charge in [0, 0.05) is 5.56 Å². The van der Waals surface area contributed by atoms with Crippen LogP contribution in [0.4, 0.5) is 0 Å². The number of nitrogens with zero attached hydrogens (tertiary/aromatic N) is 3. The lowest BCUT2D eigenvalue weighted by Crippen LogP contribution is -2.09. The molecule has 0 saturated heterocycles. The van der Waals surface area contributed by atoms with Crippen LogP contribution in [0.3, 0.4) is 0 Å². The lowest BCUT2D eigenvalue weighted by Gasteiger charge is -2.10. The summed E-state index contributed by atoms with van der Waals surface area (Å²) in [4.78, 5) is 11.7. The van der Waals surface area contributed by atoms with Gasteiger partial charge in [-0.15, -0.1) is 5.10 Å². The van der Waals surface area contributed by atoms with E-state index in [1.54, 1.807) is 25.6 Å². The first-order valence-electron chi connectivity index (χ1n) is 6.77. The first kappa shape index (κ1) is 15.0. The summed E-state index contributed by atoms with van der Waals surface area (Å²) in [5.41, 5.74) is 3.05.